The minimum absolute atomic E-state index is 0.292. The third-order valence-corrected chi connectivity index (χ3v) is 2.61. The minimum Gasteiger partial charge on any atom is -0.308 e. The van der Waals surface area contributed by atoms with Gasteiger partial charge in [0.1, 0.15) is 0 Å². The smallest absolute Gasteiger partial charge is 0.308 e. The Morgan fingerprint density at radius 1 is 1.00 bits per heavy atom. The number of anilines is 2. The van der Waals surface area contributed by atoms with Crippen molar-refractivity contribution in [1.29, 1.82) is 0 Å². The molecule has 0 aliphatic heterocycles. The molecule has 2 aromatic rings. The molecule has 2 rings (SSSR count). The number of alkyl halides is 1. The lowest BCUT2D eigenvalue weighted by atomic mass is 10.2. The summed E-state index contributed by atoms with van der Waals surface area (Å²) in [6, 6.07) is 10.5. The van der Waals surface area contributed by atoms with E-state index in [1.54, 1.807) is 24.5 Å². The normalized spacial score (nSPS) is 9.83. The maximum atomic E-state index is 11.7. The molecule has 2 N–H and O–H groups in total. The van der Waals surface area contributed by atoms with Gasteiger partial charge in [-0.2, -0.15) is 0 Å². The van der Waals surface area contributed by atoms with E-state index < -0.39 is 0 Å². The predicted molar refractivity (Wildman–Crippen MR) is 72.9 cm³/mol. The fourth-order valence-corrected chi connectivity index (χ4v) is 1.58. The Morgan fingerprint density at radius 3 is 2.11 bits per heavy atom. The number of carbonyl (C=O) groups excluding carboxylic acids is 1. The van der Waals surface area contributed by atoms with E-state index in [1.165, 1.54) is 0 Å². The Labute approximate surface area is 110 Å². The maximum absolute atomic E-state index is 11.7. The maximum Gasteiger partial charge on any atom is 0.323 e. The molecule has 92 valence electrons. The lowest BCUT2D eigenvalue weighted by molar-refractivity contribution is 0.262. The number of aromatic nitrogens is 1. The van der Waals surface area contributed by atoms with Crippen LogP contribution in [0.1, 0.15) is 5.56 Å². The fraction of sp³-hybridized carbons (Fsp3) is 0.0769. The van der Waals surface area contributed by atoms with Gasteiger partial charge in [0, 0.05) is 29.6 Å². The SMILES string of the molecule is O=C(Nc1ccncc1)Nc1ccc(CCl)cc1. The molecular weight excluding hydrogens is 250 g/mol. The van der Waals surface area contributed by atoms with Gasteiger partial charge in [-0.3, -0.25) is 4.98 Å². The number of halogens is 1. The molecule has 0 aliphatic carbocycles. The summed E-state index contributed by atoms with van der Waals surface area (Å²) in [6.07, 6.45) is 3.23. The second-order valence-electron chi connectivity index (χ2n) is 3.65. The third-order valence-electron chi connectivity index (χ3n) is 2.30. The summed E-state index contributed by atoms with van der Waals surface area (Å²) in [7, 11) is 0. The van der Waals surface area contributed by atoms with E-state index in [4.69, 9.17) is 11.6 Å². The molecule has 0 bridgehead atoms. The summed E-state index contributed by atoms with van der Waals surface area (Å²) in [5.74, 6) is 0.462. The van der Waals surface area contributed by atoms with Crippen molar-refractivity contribution in [1.82, 2.24) is 4.98 Å². The molecule has 0 spiro atoms. The lowest BCUT2D eigenvalue weighted by Gasteiger charge is -2.07. The van der Waals surface area contributed by atoms with Crippen molar-refractivity contribution < 1.29 is 4.79 Å². The quantitative estimate of drug-likeness (QED) is 0.832. The van der Waals surface area contributed by atoms with Gasteiger partial charge in [0.05, 0.1) is 0 Å². The highest BCUT2D eigenvalue weighted by atomic mass is 35.5. The molecule has 1 aromatic carbocycles. The first-order chi connectivity index (χ1) is 8.78. The number of pyridine rings is 1. The summed E-state index contributed by atoms with van der Waals surface area (Å²) in [6.45, 7) is 0. The summed E-state index contributed by atoms with van der Waals surface area (Å²) in [5, 5.41) is 5.43. The Balaban J connectivity index is 1.94. The van der Waals surface area contributed by atoms with Crippen LogP contribution in [0.5, 0.6) is 0 Å². The monoisotopic (exact) mass is 261 g/mol. The van der Waals surface area contributed by atoms with E-state index in [9.17, 15) is 4.79 Å². The van der Waals surface area contributed by atoms with Crippen LogP contribution in [0.15, 0.2) is 48.8 Å². The van der Waals surface area contributed by atoms with Gasteiger partial charge in [-0.1, -0.05) is 12.1 Å². The molecule has 0 aliphatic rings. The molecule has 1 heterocycles. The first-order valence-electron chi connectivity index (χ1n) is 5.41. The Bertz CT molecular complexity index is 514. The number of benzene rings is 1. The molecule has 0 atom stereocenters. The van der Waals surface area contributed by atoms with Crippen molar-refractivity contribution in [3.63, 3.8) is 0 Å². The lowest BCUT2D eigenvalue weighted by Crippen LogP contribution is -2.19. The molecule has 0 saturated carbocycles. The highest BCUT2D eigenvalue weighted by Gasteiger charge is 2.02. The van der Waals surface area contributed by atoms with Crippen LogP contribution in [-0.2, 0) is 5.88 Å². The van der Waals surface area contributed by atoms with Crippen molar-refractivity contribution in [3.8, 4) is 0 Å². The van der Waals surface area contributed by atoms with Crippen LogP contribution in [0.2, 0.25) is 0 Å². The number of nitrogens with zero attached hydrogens (tertiary/aromatic N) is 1. The number of carbonyl (C=O) groups is 1. The zero-order valence-electron chi connectivity index (χ0n) is 9.56. The number of urea groups is 1. The number of hydrogen-bond acceptors (Lipinski definition) is 2. The number of hydrogen-bond donors (Lipinski definition) is 2. The standard InChI is InChI=1S/C13H12ClN3O/c14-9-10-1-3-11(4-2-10)16-13(18)17-12-5-7-15-8-6-12/h1-8H,9H2,(H2,15,16,17,18). The van der Waals surface area contributed by atoms with Gasteiger partial charge >= 0.3 is 6.03 Å². The van der Waals surface area contributed by atoms with Crippen LogP contribution in [0.4, 0.5) is 16.2 Å². The molecule has 1 aromatic heterocycles. The van der Waals surface area contributed by atoms with Crippen LogP contribution in [0.25, 0.3) is 0 Å². The third kappa shape index (κ3) is 3.46. The Morgan fingerprint density at radius 2 is 1.56 bits per heavy atom. The van der Waals surface area contributed by atoms with Crippen LogP contribution >= 0.6 is 11.6 Å². The highest BCUT2D eigenvalue weighted by Crippen LogP contribution is 2.12. The van der Waals surface area contributed by atoms with Gasteiger partial charge in [0.2, 0.25) is 0 Å². The largest absolute Gasteiger partial charge is 0.323 e. The van der Waals surface area contributed by atoms with E-state index >= 15 is 0 Å². The average molecular weight is 262 g/mol. The number of amides is 2. The summed E-state index contributed by atoms with van der Waals surface area (Å²) in [5.41, 5.74) is 2.42. The van der Waals surface area contributed by atoms with E-state index in [0.29, 0.717) is 11.6 Å². The molecule has 5 heteroatoms. The zero-order valence-corrected chi connectivity index (χ0v) is 10.3. The van der Waals surface area contributed by atoms with Crippen LogP contribution in [0.3, 0.4) is 0 Å². The fourth-order valence-electron chi connectivity index (χ4n) is 1.41. The molecule has 0 fully saturated rings. The first-order valence-corrected chi connectivity index (χ1v) is 5.94. The van der Waals surface area contributed by atoms with Gasteiger partial charge in [0.15, 0.2) is 0 Å². The topological polar surface area (TPSA) is 54.0 Å². The molecule has 4 nitrogen and oxygen atoms in total. The second kappa shape index (κ2) is 6.02. The molecule has 18 heavy (non-hydrogen) atoms. The van der Waals surface area contributed by atoms with Crippen molar-refractivity contribution in [2.75, 3.05) is 10.6 Å². The summed E-state index contributed by atoms with van der Waals surface area (Å²) < 4.78 is 0. The second-order valence-corrected chi connectivity index (χ2v) is 3.91. The van der Waals surface area contributed by atoms with Crippen molar-refractivity contribution in [2.45, 2.75) is 5.88 Å². The number of rotatable bonds is 3. The van der Waals surface area contributed by atoms with Gasteiger partial charge < -0.3 is 10.6 Å². The molecular formula is C13H12ClN3O. The van der Waals surface area contributed by atoms with E-state index in [0.717, 1.165) is 11.3 Å². The van der Waals surface area contributed by atoms with Gasteiger partial charge in [-0.05, 0) is 29.8 Å². The number of nitrogens with one attached hydrogen (secondary N) is 2. The van der Waals surface area contributed by atoms with Crippen LogP contribution in [0, 0.1) is 0 Å². The van der Waals surface area contributed by atoms with Crippen molar-refractivity contribution in [2.24, 2.45) is 0 Å². The molecule has 0 saturated heterocycles. The Kier molecular flexibility index (Phi) is 4.15. The van der Waals surface area contributed by atoms with Gasteiger partial charge in [-0.15, -0.1) is 11.6 Å². The Hall–Kier alpha value is -2.07. The van der Waals surface area contributed by atoms with Gasteiger partial charge in [-0.25, -0.2) is 4.79 Å². The van der Waals surface area contributed by atoms with Crippen LogP contribution in [-0.4, -0.2) is 11.0 Å². The van der Waals surface area contributed by atoms with E-state index in [1.807, 2.05) is 24.3 Å². The van der Waals surface area contributed by atoms with E-state index in [2.05, 4.69) is 15.6 Å². The summed E-state index contributed by atoms with van der Waals surface area (Å²) in [4.78, 5) is 15.5. The van der Waals surface area contributed by atoms with Gasteiger partial charge in [0.25, 0.3) is 0 Å². The molecule has 2 amide bonds. The average Bonchev–Trinajstić information content (AvgIpc) is 2.40. The summed E-state index contributed by atoms with van der Waals surface area (Å²) >= 11 is 5.69. The molecule has 0 radical (unpaired) electrons. The highest BCUT2D eigenvalue weighted by molar-refractivity contribution is 6.17. The molecule has 0 unspecified atom stereocenters. The van der Waals surface area contributed by atoms with Crippen molar-refractivity contribution in [3.05, 3.63) is 54.4 Å². The van der Waals surface area contributed by atoms with Crippen LogP contribution < -0.4 is 10.6 Å². The zero-order chi connectivity index (χ0) is 12.8. The van der Waals surface area contributed by atoms with Crippen molar-refractivity contribution >= 4 is 29.0 Å². The predicted octanol–water partition coefficient (Wildman–Crippen LogP) is 3.46. The van der Waals surface area contributed by atoms with E-state index in [-0.39, 0.29) is 6.03 Å². The first kappa shape index (κ1) is 12.4. The minimum atomic E-state index is -0.292.